The first-order valence-electron chi connectivity index (χ1n) is 7.91. The van der Waals surface area contributed by atoms with Gasteiger partial charge in [-0.05, 0) is 19.4 Å². The number of carbonyl (C=O) groups is 1. The quantitative estimate of drug-likeness (QED) is 0.608. The van der Waals surface area contributed by atoms with Crippen molar-refractivity contribution in [1.29, 1.82) is 0 Å². The molecule has 0 atom stereocenters. The molecule has 0 aliphatic rings. The minimum absolute atomic E-state index is 0.115. The summed E-state index contributed by atoms with van der Waals surface area (Å²) in [5.41, 5.74) is 3.83. The molecule has 1 aromatic heterocycles. The van der Waals surface area contributed by atoms with Crippen molar-refractivity contribution in [3.05, 3.63) is 71.4 Å². The van der Waals surface area contributed by atoms with E-state index in [1.807, 2.05) is 42.5 Å². The van der Waals surface area contributed by atoms with E-state index in [0.717, 1.165) is 47.1 Å². The maximum absolute atomic E-state index is 13.0. The second-order valence-corrected chi connectivity index (χ2v) is 5.68. The molecule has 2 aromatic carbocycles. The smallest absolute Gasteiger partial charge is 0.195 e. The van der Waals surface area contributed by atoms with E-state index in [4.69, 9.17) is 0 Å². The van der Waals surface area contributed by atoms with Crippen LogP contribution in [-0.4, -0.2) is 10.4 Å². The molecule has 0 fully saturated rings. The maximum atomic E-state index is 13.0. The van der Waals surface area contributed by atoms with Gasteiger partial charge in [-0.25, -0.2) is 0 Å². The minimum Gasteiger partial charge on any atom is -0.344 e. The molecule has 0 radical (unpaired) electrons. The first-order valence-corrected chi connectivity index (χ1v) is 7.91. The first kappa shape index (κ1) is 14.6. The van der Waals surface area contributed by atoms with Gasteiger partial charge in [0, 0.05) is 28.7 Å². The minimum atomic E-state index is 0.115. The van der Waals surface area contributed by atoms with Crippen molar-refractivity contribution in [3.63, 3.8) is 0 Å². The SMILES string of the molecule is CCCCn1c(C)c(C(=O)c2ccccc2)c2ccccc21. The van der Waals surface area contributed by atoms with E-state index in [1.165, 1.54) is 0 Å². The highest BCUT2D eigenvalue weighted by Crippen LogP contribution is 2.28. The molecule has 0 saturated carbocycles. The van der Waals surface area contributed by atoms with Crippen LogP contribution in [0.25, 0.3) is 10.9 Å². The molecular formula is C20H21NO. The fourth-order valence-corrected chi connectivity index (χ4v) is 3.06. The predicted octanol–water partition coefficient (Wildman–Crippen LogP) is 4.98. The summed E-state index contributed by atoms with van der Waals surface area (Å²) >= 11 is 0. The van der Waals surface area contributed by atoms with Crippen LogP contribution in [0.5, 0.6) is 0 Å². The monoisotopic (exact) mass is 291 g/mol. The molecule has 3 aromatic rings. The third-order valence-corrected chi connectivity index (χ3v) is 4.23. The normalized spacial score (nSPS) is 11.0. The number of hydrogen-bond donors (Lipinski definition) is 0. The highest BCUT2D eigenvalue weighted by atomic mass is 16.1. The number of hydrogen-bond acceptors (Lipinski definition) is 1. The van der Waals surface area contributed by atoms with Crippen LogP contribution in [0.15, 0.2) is 54.6 Å². The Labute approximate surface area is 131 Å². The molecule has 0 bridgehead atoms. The number of carbonyl (C=O) groups excluding carboxylic acids is 1. The van der Waals surface area contributed by atoms with Gasteiger partial charge in [0.2, 0.25) is 0 Å². The van der Waals surface area contributed by atoms with Crippen molar-refractivity contribution in [2.24, 2.45) is 0 Å². The predicted molar refractivity (Wildman–Crippen MR) is 91.5 cm³/mol. The van der Waals surface area contributed by atoms with Crippen LogP contribution < -0.4 is 0 Å². The number of benzene rings is 2. The van der Waals surface area contributed by atoms with Crippen molar-refractivity contribution in [2.75, 3.05) is 0 Å². The van der Waals surface area contributed by atoms with Crippen molar-refractivity contribution >= 4 is 16.7 Å². The van der Waals surface area contributed by atoms with Crippen molar-refractivity contribution in [2.45, 2.75) is 33.2 Å². The lowest BCUT2D eigenvalue weighted by Gasteiger charge is -2.07. The first-order chi connectivity index (χ1) is 10.7. The summed E-state index contributed by atoms with van der Waals surface area (Å²) in [6.07, 6.45) is 2.27. The zero-order chi connectivity index (χ0) is 15.5. The Morgan fingerprint density at radius 2 is 1.68 bits per heavy atom. The zero-order valence-electron chi connectivity index (χ0n) is 13.2. The Morgan fingerprint density at radius 1 is 1.00 bits per heavy atom. The van der Waals surface area contributed by atoms with Crippen LogP contribution in [0.3, 0.4) is 0 Å². The number of ketones is 1. The van der Waals surface area contributed by atoms with Gasteiger partial charge in [-0.15, -0.1) is 0 Å². The standard InChI is InChI=1S/C20H21NO/c1-3-4-14-21-15(2)19(17-12-8-9-13-18(17)21)20(22)16-10-6-5-7-11-16/h5-13H,3-4,14H2,1-2H3. The van der Waals surface area contributed by atoms with E-state index < -0.39 is 0 Å². The summed E-state index contributed by atoms with van der Waals surface area (Å²) in [7, 11) is 0. The molecule has 0 aliphatic heterocycles. The Hall–Kier alpha value is -2.35. The topological polar surface area (TPSA) is 22.0 Å². The van der Waals surface area contributed by atoms with E-state index in [2.05, 4.69) is 30.5 Å². The van der Waals surface area contributed by atoms with Gasteiger partial charge in [0.1, 0.15) is 0 Å². The summed E-state index contributed by atoms with van der Waals surface area (Å²) in [6, 6.07) is 17.8. The second-order valence-electron chi connectivity index (χ2n) is 5.68. The summed E-state index contributed by atoms with van der Waals surface area (Å²) < 4.78 is 2.29. The Morgan fingerprint density at radius 3 is 2.41 bits per heavy atom. The van der Waals surface area contributed by atoms with Crippen molar-refractivity contribution in [3.8, 4) is 0 Å². The number of aryl methyl sites for hydroxylation is 1. The molecule has 112 valence electrons. The van der Waals surface area contributed by atoms with Gasteiger partial charge in [-0.3, -0.25) is 4.79 Å². The number of rotatable bonds is 5. The molecule has 3 rings (SSSR count). The number of aromatic nitrogens is 1. The average molecular weight is 291 g/mol. The van der Waals surface area contributed by atoms with Gasteiger partial charge in [0.25, 0.3) is 0 Å². The second kappa shape index (κ2) is 6.18. The third kappa shape index (κ3) is 2.45. The van der Waals surface area contributed by atoms with Gasteiger partial charge in [0.15, 0.2) is 5.78 Å². The molecule has 22 heavy (non-hydrogen) atoms. The van der Waals surface area contributed by atoms with E-state index in [1.54, 1.807) is 0 Å². The Balaban J connectivity index is 2.17. The molecule has 2 heteroatoms. The molecule has 0 spiro atoms. The van der Waals surface area contributed by atoms with Crippen molar-refractivity contribution < 1.29 is 4.79 Å². The number of para-hydroxylation sites is 1. The van der Waals surface area contributed by atoms with Gasteiger partial charge in [-0.1, -0.05) is 61.9 Å². The number of nitrogens with zero attached hydrogens (tertiary/aromatic N) is 1. The van der Waals surface area contributed by atoms with E-state index >= 15 is 0 Å². The lowest BCUT2D eigenvalue weighted by Crippen LogP contribution is -2.05. The molecule has 0 N–H and O–H groups in total. The van der Waals surface area contributed by atoms with E-state index in [0.29, 0.717) is 0 Å². The van der Waals surface area contributed by atoms with Crippen LogP contribution in [0.4, 0.5) is 0 Å². The summed E-state index contributed by atoms with van der Waals surface area (Å²) in [4.78, 5) is 13.0. The Kier molecular flexibility index (Phi) is 4.10. The van der Waals surface area contributed by atoms with Crippen LogP contribution in [0.1, 0.15) is 41.4 Å². The summed E-state index contributed by atoms with van der Waals surface area (Å²) in [6.45, 7) is 5.22. The largest absolute Gasteiger partial charge is 0.344 e. The van der Waals surface area contributed by atoms with Crippen LogP contribution in [0, 0.1) is 6.92 Å². The molecule has 0 amide bonds. The van der Waals surface area contributed by atoms with Crippen LogP contribution in [-0.2, 0) is 6.54 Å². The number of unbranched alkanes of at least 4 members (excludes halogenated alkanes) is 1. The average Bonchev–Trinajstić information content (AvgIpc) is 2.85. The Bertz CT molecular complexity index is 799. The van der Waals surface area contributed by atoms with E-state index in [9.17, 15) is 4.79 Å². The summed E-state index contributed by atoms with van der Waals surface area (Å²) in [5, 5.41) is 1.06. The van der Waals surface area contributed by atoms with E-state index in [-0.39, 0.29) is 5.78 Å². The van der Waals surface area contributed by atoms with Crippen LogP contribution >= 0.6 is 0 Å². The molecular weight excluding hydrogens is 270 g/mol. The highest BCUT2D eigenvalue weighted by molar-refractivity contribution is 6.17. The maximum Gasteiger partial charge on any atom is 0.195 e. The van der Waals surface area contributed by atoms with Crippen molar-refractivity contribution in [1.82, 2.24) is 4.57 Å². The molecule has 0 aliphatic carbocycles. The fraction of sp³-hybridized carbons (Fsp3) is 0.250. The summed E-state index contributed by atoms with van der Waals surface area (Å²) in [5.74, 6) is 0.115. The molecule has 2 nitrogen and oxygen atoms in total. The number of fused-ring (bicyclic) bond motifs is 1. The lowest BCUT2D eigenvalue weighted by molar-refractivity contribution is 0.103. The highest BCUT2D eigenvalue weighted by Gasteiger charge is 2.20. The fourth-order valence-electron chi connectivity index (χ4n) is 3.06. The molecule has 1 heterocycles. The molecule has 0 unspecified atom stereocenters. The van der Waals surface area contributed by atoms with Crippen LogP contribution in [0.2, 0.25) is 0 Å². The lowest BCUT2D eigenvalue weighted by atomic mass is 10.0. The van der Waals surface area contributed by atoms with Gasteiger partial charge >= 0.3 is 0 Å². The van der Waals surface area contributed by atoms with Gasteiger partial charge < -0.3 is 4.57 Å². The zero-order valence-corrected chi connectivity index (χ0v) is 13.2. The van der Waals surface area contributed by atoms with Gasteiger partial charge in [-0.2, -0.15) is 0 Å². The third-order valence-electron chi connectivity index (χ3n) is 4.23. The molecule has 0 saturated heterocycles. The van der Waals surface area contributed by atoms with Gasteiger partial charge in [0.05, 0.1) is 5.56 Å².